The molecule has 3 nitrogen and oxygen atoms in total. The molecule has 0 heterocycles. The first-order valence-corrected chi connectivity index (χ1v) is 6.05. The summed E-state index contributed by atoms with van der Waals surface area (Å²) in [6, 6.07) is 0. The van der Waals surface area contributed by atoms with Gasteiger partial charge in [0, 0.05) is 20.1 Å². The van der Waals surface area contributed by atoms with Crippen molar-refractivity contribution < 1.29 is 0 Å². The summed E-state index contributed by atoms with van der Waals surface area (Å²) < 4.78 is 0. The molecule has 0 amide bonds. The minimum atomic E-state index is 0.447. The third-order valence-corrected chi connectivity index (χ3v) is 2.28. The molecular formula is C13H27N3. The number of guanidine groups is 1. The zero-order valence-corrected chi connectivity index (χ0v) is 11.3. The molecule has 0 aromatic heterocycles. The van der Waals surface area contributed by atoms with Gasteiger partial charge in [0.2, 0.25) is 0 Å². The van der Waals surface area contributed by atoms with Crippen LogP contribution in [-0.2, 0) is 0 Å². The van der Waals surface area contributed by atoms with Gasteiger partial charge < -0.3 is 10.6 Å². The van der Waals surface area contributed by atoms with E-state index in [1.54, 1.807) is 7.05 Å². The maximum absolute atomic E-state index is 4.12. The standard InChI is InChI=1S/C13H27N3/c1-6-10-15-12(14-5)16-11-8-7-9-13(2,3)4/h6H,1,7-11H2,2-5H3,(H2,14,15,16). The van der Waals surface area contributed by atoms with Crippen molar-refractivity contribution in [3.8, 4) is 0 Å². The van der Waals surface area contributed by atoms with Crippen molar-refractivity contribution in [1.29, 1.82) is 0 Å². The van der Waals surface area contributed by atoms with Crippen molar-refractivity contribution in [1.82, 2.24) is 10.6 Å². The van der Waals surface area contributed by atoms with Gasteiger partial charge >= 0.3 is 0 Å². The predicted octanol–water partition coefficient (Wildman–Crippen LogP) is 2.55. The Bertz CT molecular complexity index is 214. The Hall–Kier alpha value is -0.990. The maximum Gasteiger partial charge on any atom is 0.191 e. The van der Waals surface area contributed by atoms with E-state index in [1.165, 1.54) is 19.3 Å². The lowest BCUT2D eigenvalue weighted by molar-refractivity contribution is 0.360. The molecule has 0 saturated heterocycles. The Balaban J connectivity index is 3.53. The molecule has 0 saturated carbocycles. The first kappa shape index (κ1) is 15.0. The van der Waals surface area contributed by atoms with Gasteiger partial charge in [-0.3, -0.25) is 4.99 Å². The number of hydrogen-bond acceptors (Lipinski definition) is 1. The van der Waals surface area contributed by atoms with Gasteiger partial charge in [0.05, 0.1) is 0 Å². The van der Waals surface area contributed by atoms with Gasteiger partial charge in [-0.2, -0.15) is 0 Å². The summed E-state index contributed by atoms with van der Waals surface area (Å²) in [7, 11) is 1.79. The van der Waals surface area contributed by atoms with Gasteiger partial charge in [0.15, 0.2) is 5.96 Å². The fourth-order valence-electron chi connectivity index (χ4n) is 1.38. The van der Waals surface area contributed by atoms with E-state index in [1.807, 2.05) is 6.08 Å². The second-order valence-corrected chi connectivity index (χ2v) is 5.19. The summed E-state index contributed by atoms with van der Waals surface area (Å²) in [6.45, 7) is 12.2. The first-order chi connectivity index (χ1) is 7.49. The lowest BCUT2D eigenvalue weighted by Gasteiger charge is -2.17. The summed E-state index contributed by atoms with van der Waals surface area (Å²) in [5, 5.41) is 6.43. The van der Waals surface area contributed by atoms with Crippen LogP contribution in [0.25, 0.3) is 0 Å². The first-order valence-electron chi connectivity index (χ1n) is 6.05. The van der Waals surface area contributed by atoms with Gasteiger partial charge in [-0.25, -0.2) is 0 Å². The molecule has 0 aliphatic rings. The van der Waals surface area contributed by atoms with Crippen molar-refractivity contribution in [2.75, 3.05) is 20.1 Å². The van der Waals surface area contributed by atoms with Gasteiger partial charge in [-0.1, -0.05) is 33.3 Å². The number of rotatable bonds is 6. The van der Waals surface area contributed by atoms with Gasteiger partial charge in [-0.15, -0.1) is 6.58 Å². The highest BCUT2D eigenvalue weighted by Crippen LogP contribution is 2.20. The van der Waals surface area contributed by atoms with E-state index >= 15 is 0 Å². The highest BCUT2D eigenvalue weighted by molar-refractivity contribution is 5.79. The fraction of sp³-hybridized carbons (Fsp3) is 0.769. The average Bonchev–Trinajstić information content (AvgIpc) is 2.20. The van der Waals surface area contributed by atoms with E-state index in [-0.39, 0.29) is 0 Å². The van der Waals surface area contributed by atoms with Crippen LogP contribution in [0.2, 0.25) is 0 Å². The van der Waals surface area contributed by atoms with E-state index in [9.17, 15) is 0 Å². The lowest BCUT2D eigenvalue weighted by Crippen LogP contribution is -2.37. The van der Waals surface area contributed by atoms with Crippen LogP contribution in [0.15, 0.2) is 17.6 Å². The van der Waals surface area contributed by atoms with Crippen LogP contribution >= 0.6 is 0 Å². The molecule has 0 atom stereocenters. The highest BCUT2D eigenvalue weighted by Gasteiger charge is 2.08. The number of aliphatic imine (C=N–C) groups is 1. The molecule has 0 bridgehead atoms. The zero-order chi connectivity index (χ0) is 12.4. The SMILES string of the molecule is C=CCNC(=NC)NCCCCC(C)(C)C. The minimum Gasteiger partial charge on any atom is -0.356 e. The minimum absolute atomic E-state index is 0.447. The largest absolute Gasteiger partial charge is 0.356 e. The Kier molecular flexibility index (Phi) is 7.69. The number of hydrogen-bond donors (Lipinski definition) is 2. The zero-order valence-electron chi connectivity index (χ0n) is 11.3. The van der Waals surface area contributed by atoms with Gasteiger partial charge in [0.1, 0.15) is 0 Å². The van der Waals surface area contributed by atoms with Crippen LogP contribution in [-0.4, -0.2) is 26.1 Å². The number of unbranched alkanes of at least 4 members (excludes halogenated alkanes) is 1. The third kappa shape index (κ3) is 9.56. The van der Waals surface area contributed by atoms with E-state index < -0.39 is 0 Å². The molecule has 0 fully saturated rings. The molecule has 0 radical (unpaired) electrons. The average molecular weight is 225 g/mol. The summed E-state index contributed by atoms with van der Waals surface area (Å²) >= 11 is 0. The second-order valence-electron chi connectivity index (χ2n) is 5.19. The molecular weight excluding hydrogens is 198 g/mol. The van der Waals surface area contributed by atoms with Crippen LogP contribution < -0.4 is 10.6 Å². The molecule has 0 rings (SSSR count). The van der Waals surface area contributed by atoms with Gasteiger partial charge in [-0.05, 0) is 18.3 Å². The van der Waals surface area contributed by atoms with E-state index in [4.69, 9.17) is 0 Å². The van der Waals surface area contributed by atoms with E-state index in [0.29, 0.717) is 5.41 Å². The normalized spacial score (nSPS) is 12.4. The summed E-state index contributed by atoms with van der Waals surface area (Å²) in [5.41, 5.74) is 0.447. The molecule has 16 heavy (non-hydrogen) atoms. The van der Waals surface area contributed by atoms with Crippen molar-refractivity contribution >= 4 is 5.96 Å². The lowest BCUT2D eigenvalue weighted by atomic mass is 9.90. The van der Waals surface area contributed by atoms with Crippen LogP contribution in [0.4, 0.5) is 0 Å². The third-order valence-electron chi connectivity index (χ3n) is 2.28. The summed E-state index contributed by atoms with van der Waals surface area (Å²) in [5.74, 6) is 0.857. The summed E-state index contributed by atoms with van der Waals surface area (Å²) in [6.07, 6.45) is 5.54. The van der Waals surface area contributed by atoms with Crippen LogP contribution in [0.3, 0.4) is 0 Å². The Morgan fingerprint density at radius 3 is 2.44 bits per heavy atom. The van der Waals surface area contributed by atoms with Gasteiger partial charge in [0.25, 0.3) is 0 Å². The maximum atomic E-state index is 4.12. The number of nitrogens with zero attached hydrogens (tertiary/aromatic N) is 1. The van der Waals surface area contributed by atoms with Crippen molar-refractivity contribution in [3.05, 3.63) is 12.7 Å². The molecule has 94 valence electrons. The summed E-state index contributed by atoms with van der Waals surface area (Å²) in [4.78, 5) is 4.12. The van der Waals surface area contributed by atoms with Crippen molar-refractivity contribution in [3.63, 3.8) is 0 Å². The van der Waals surface area contributed by atoms with E-state index in [2.05, 4.69) is 43.0 Å². The molecule has 3 heteroatoms. The molecule has 0 unspecified atom stereocenters. The molecule has 0 aromatic carbocycles. The number of nitrogens with one attached hydrogen (secondary N) is 2. The fourth-order valence-corrected chi connectivity index (χ4v) is 1.38. The highest BCUT2D eigenvalue weighted by atomic mass is 15.2. The molecule has 0 aliphatic carbocycles. The Morgan fingerprint density at radius 1 is 1.25 bits per heavy atom. The second kappa shape index (κ2) is 8.20. The Labute approximate surface area is 100 Å². The van der Waals surface area contributed by atoms with Crippen LogP contribution in [0.1, 0.15) is 40.0 Å². The monoisotopic (exact) mass is 225 g/mol. The quantitative estimate of drug-likeness (QED) is 0.315. The topological polar surface area (TPSA) is 36.4 Å². The molecule has 0 spiro atoms. The van der Waals surface area contributed by atoms with Crippen molar-refractivity contribution in [2.45, 2.75) is 40.0 Å². The van der Waals surface area contributed by atoms with E-state index in [0.717, 1.165) is 19.0 Å². The van der Waals surface area contributed by atoms with Crippen LogP contribution in [0, 0.1) is 5.41 Å². The smallest absolute Gasteiger partial charge is 0.191 e. The Morgan fingerprint density at radius 2 is 1.94 bits per heavy atom. The van der Waals surface area contributed by atoms with Crippen molar-refractivity contribution in [2.24, 2.45) is 10.4 Å². The molecule has 0 aromatic rings. The molecule has 2 N–H and O–H groups in total. The molecule has 0 aliphatic heterocycles. The predicted molar refractivity (Wildman–Crippen MR) is 72.9 cm³/mol. The van der Waals surface area contributed by atoms with Crippen LogP contribution in [0.5, 0.6) is 0 Å².